The van der Waals surface area contributed by atoms with Crippen LogP contribution in [0.15, 0.2) is 31.1 Å². The number of fused-ring (bicyclic) bond motifs is 1. The average molecular weight is 327 g/mol. The molecule has 0 saturated carbocycles. The van der Waals surface area contributed by atoms with Gasteiger partial charge in [0.1, 0.15) is 17.7 Å². The lowest BCUT2D eigenvalue weighted by molar-refractivity contribution is 0.246. The lowest BCUT2D eigenvalue weighted by Gasteiger charge is -2.35. The number of anilines is 1. The number of piperazine rings is 1. The maximum absolute atomic E-state index is 13.7. The normalized spacial score (nSPS) is 16.0. The summed E-state index contributed by atoms with van der Waals surface area (Å²) < 4.78 is 15.7. The molecule has 7 nitrogen and oxygen atoms in total. The number of imidazole rings is 1. The summed E-state index contributed by atoms with van der Waals surface area (Å²) in [6.07, 6.45) is 6.22. The van der Waals surface area contributed by atoms with E-state index in [9.17, 15) is 4.39 Å². The lowest BCUT2D eigenvalue weighted by atomic mass is 10.2. The van der Waals surface area contributed by atoms with Gasteiger partial charge in [0.2, 0.25) is 0 Å². The second kappa shape index (κ2) is 6.12. The number of hydrogen-bond donors (Lipinski definition) is 0. The van der Waals surface area contributed by atoms with Crippen LogP contribution in [0.4, 0.5) is 10.2 Å². The molecule has 0 unspecified atom stereocenters. The molecule has 1 saturated heterocycles. The Bertz CT molecular complexity index is 855. The fourth-order valence-corrected chi connectivity index (χ4v) is 3.09. The van der Waals surface area contributed by atoms with Gasteiger partial charge < -0.3 is 9.47 Å². The quantitative estimate of drug-likeness (QED) is 0.721. The first kappa shape index (κ1) is 14.9. The molecule has 0 N–H and O–H groups in total. The van der Waals surface area contributed by atoms with Gasteiger partial charge in [-0.2, -0.15) is 0 Å². The minimum atomic E-state index is -0.243. The first-order chi connectivity index (χ1) is 11.7. The summed E-state index contributed by atoms with van der Waals surface area (Å²) in [6, 6.07) is 1.74. The van der Waals surface area contributed by atoms with Crippen LogP contribution in [0, 0.1) is 5.82 Å². The molecular formula is C16H18FN7. The van der Waals surface area contributed by atoms with E-state index in [1.54, 1.807) is 24.9 Å². The van der Waals surface area contributed by atoms with Crippen LogP contribution in [-0.2, 0) is 13.6 Å². The zero-order chi connectivity index (χ0) is 16.5. The summed E-state index contributed by atoms with van der Waals surface area (Å²) in [5.74, 6) is 0.669. The van der Waals surface area contributed by atoms with Crippen molar-refractivity contribution in [3.8, 4) is 0 Å². The molecule has 0 bridgehead atoms. The number of aromatic nitrogens is 5. The average Bonchev–Trinajstić information content (AvgIpc) is 2.99. The summed E-state index contributed by atoms with van der Waals surface area (Å²) in [5, 5.41) is 0. The van der Waals surface area contributed by atoms with E-state index in [4.69, 9.17) is 0 Å². The van der Waals surface area contributed by atoms with E-state index in [0.29, 0.717) is 17.8 Å². The van der Waals surface area contributed by atoms with Gasteiger partial charge in [0, 0.05) is 51.5 Å². The van der Waals surface area contributed by atoms with Crippen LogP contribution < -0.4 is 4.90 Å². The molecule has 0 atom stereocenters. The van der Waals surface area contributed by atoms with Gasteiger partial charge in [-0.3, -0.25) is 9.88 Å². The Balaban J connectivity index is 1.48. The maximum Gasteiger partial charge on any atom is 0.182 e. The number of halogens is 1. The molecule has 1 fully saturated rings. The van der Waals surface area contributed by atoms with Crippen molar-refractivity contribution in [1.82, 2.24) is 29.4 Å². The molecule has 0 amide bonds. The van der Waals surface area contributed by atoms with Crippen LogP contribution in [0.2, 0.25) is 0 Å². The topological polar surface area (TPSA) is 63.0 Å². The van der Waals surface area contributed by atoms with Crippen molar-refractivity contribution in [3.63, 3.8) is 0 Å². The minimum absolute atomic E-state index is 0.243. The van der Waals surface area contributed by atoms with Crippen molar-refractivity contribution in [1.29, 1.82) is 0 Å². The molecule has 0 aliphatic carbocycles. The van der Waals surface area contributed by atoms with Crippen molar-refractivity contribution >= 4 is 17.0 Å². The van der Waals surface area contributed by atoms with Gasteiger partial charge in [0.15, 0.2) is 11.5 Å². The third-order valence-corrected chi connectivity index (χ3v) is 4.41. The summed E-state index contributed by atoms with van der Waals surface area (Å²) >= 11 is 0. The number of rotatable bonds is 3. The number of aryl methyl sites for hydroxylation is 1. The minimum Gasteiger partial charge on any atom is -0.352 e. The molecule has 0 aromatic carbocycles. The number of pyridine rings is 1. The van der Waals surface area contributed by atoms with Gasteiger partial charge in [-0.1, -0.05) is 0 Å². The van der Waals surface area contributed by atoms with Crippen LogP contribution in [0.1, 0.15) is 5.56 Å². The van der Waals surface area contributed by atoms with E-state index < -0.39 is 0 Å². The Labute approximate surface area is 138 Å². The number of hydrogen-bond acceptors (Lipinski definition) is 6. The van der Waals surface area contributed by atoms with Crippen LogP contribution >= 0.6 is 0 Å². The molecule has 0 spiro atoms. The van der Waals surface area contributed by atoms with Gasteiger partial charge in [0.05, 0.1) is 12.5 Å². The summed E-state index contributed by atoms with van der Waals surface area (Å²) in [6.45, 7) is 3.98. The highest BCUT2D eigenvalue weighted by Crippen LogP contribution is 2.23. The molecule has 3 aromatic rings. The standard InChI is InChI=1S/C16H18FN7/c1-22-11-21-15-14(22)16(20-10-19-15)24-6-4-23(5-7-24)9-12-2-3-18-8-13(12)17/h2-3,8,10-11H,4-7,9H2,1H3. The van der Waals surface area contributed by atoms with Gasteiger partial charge >= 0.3 is 0 Å². The predicted octanol–water partition coefficient (Wildman–Crippen LogP) is 1.22. The lowest BCUT2D eigenvalue weighted by Crippen LogP contribution is -2.46. The van der Waals surface area contributed by atoms with Crippen LogP contribution in [0.25, 0.3) is 11.2 Å². The van der Waals surface area contributed by atoms with Gasteiger partial charge in [-0.25, -0.2) is 19.3 Å². The van der Waals surface area contributed by atoms with Crippen molar-refractivity contribution in [2.75, 3.05) is 31.1 Å². The van der Waals surface area contributed by atoms with Gasteiger partial charge in [-0.05, 0) is 6.07 Å². The zero-order valence-electron chi connectivity index (χ0n) is 13.4. The first-order valence-electron chi connectivity index (χ1n) is 7.90. The molecular weight excluding hydrogens is 309 g/mol. The Hall–Kier alpha value is -2.61. The smallest absolute Gasteiger partial charge is 0.182 e. The van der Waals surface area contributed by atoms with E-state index >= 15 is 0 Å². The second-order valence-corrected chi connectivity index (χ2v) is 5.96. The fraction of sp³-hybridized carbons (Fsp3) is 0.375. The van der Waals surface area contributed by atoms with Crippen molar-refractivity contribution in [3.05, 3.63) is 42.5 Å². The highest BCUT2D eigenvalue weighted by molar-refractivity contribution is 5.83. The Morgan fingerprint density at radius 1 is 1.12 bits per heavy atom. The summed E-state index contributed by atoms with van der Waals surface area (Å²) in [4.78, 5) is 21.2. The van der Waals surface area contributed by atoms with Crippen LogP contribution in [0.5, 0.6) is 0 Å². The molecule has 0 radical (unpaired) electrons. The monoisotopic (exact) mass is 327 g/mol. The largest absolute Gasteiger partial charge is 0.352 e. The van der Waals surface area contributed by atoms with E-state index in [-0.39, 0.29) is 5.82 Å². The van der Waals surface area contributed by atoms with Crippen molar-refractivity contribution in [2.45, 2.75) is 6.54 Å². The SMILES string of the molecule is Cn1cnc2ncnc(N3CCN(Cc4ccncc4F)CC3)c21. The third-order valence-electron chi connectivity index (χ3n) is 4.41. The molecule has 1 aliphatic heterocycles. The summed E-state index contributed by atoms with van der Waals surface area (Å²) in [5.41, 5.74) is 2.35. The molecule has 3 aromatic heterocycles. The Morgan fingerprint density at radius 2 is 1.96 bits per heavy atom. The van der Waals surface area contributed by atoms with E-state index in [1.165, 1.54) is 6.20 Å². The van der Waals surface area contributed by atoms with Crippen molar-refractivity contribution in [2.24, 2.45) is 7.05 Å². The zero-order valence-corrected chi connectivity index (χ0v) is 13.4. The van der Waals surface area contributed by atoms with E-state index in [2.05, 4.69) is 29.7 Å². The van der Waals surface area contributed by atoms with Gasteiger partial charge in [-0.15, -0.1) is 0 Å². The fourth-order valence-electron chi connectivity index (χ4n) is 3.09. The number of nitrogens with zero attached hydrogens (tertiary/aromatic N) is 7. The summed E-state index contributed by atoms with van der Waals surface area (Å²) in [7, 11) is 1.95. The third kappa shape index (κ3) is 2.69. The molecule has 1 aliphatic rings. The van der Waals surface area contributed by atoms with Gasteiger partial charge in [0.25, 0.3) is 0 Å². The Morgan fingerprint density at radius 3 is 2.75 bits per heavy atom. The molecule has 4 rings (SSSR count). The Kier molecular flexibility index (Phi) is 3.81. The molecule has 124 valence electrons. The predicted molar refractivity (Wildman–Crippen MR) is 88.0 cm³/mol. The second-order valence-electron chi connectivity index (χ2n) is 5.96. The van der Waals surface area contributed by atoms with E-state index in [1.807, 2.05) is 11.6 Å². The van der Waals surface area contributed by atoms with Crippen LogP contribution in [0.3, 0.4) is 0 Å². The highest BCUT2D eigenvalue weighted by atomic mass is 19.1. The molecule has 4 heterocycles. The van der Waals surface area contributed by atoms with Crippen LogP contribution in [-0.4, -0.2) is 55.6 Å². The highest BCUT2D eigenvalue weighted by Gasteiger charge is 2.22. The van der Waals surface area contributed by atoms with E-state index in [0.717, 1.165) is 37.5 Å². The maximum atomic E-state index is 13.7. The first-order valence-corrected chi connectivity index (χ1v) is 7.90. The van der Waals surface area contributed by atoms with Crippen molar-refractivity contribution < 1.29 is 4.39 Å². The molecule has 24 heavy (non-hydrogen) atoms. The molecule has 8 heteroatoms.